The maximum Gasteiger partial charge on any atom is 0.120 e. The van der Waals surface area contributed by atoms with Crippen molar-refractivity contribution < 1.29 is 24.5 Å². The number of benzene rings is 7. The van der Waals surface area contributed by atoms with Gasteiger partial charge in [-0.3, -0.25) is 4.98 Å². The standard InChI is InChI=1S/C37H23N2O.C19H26GeN.Ir/c1-3-13-25(14-4-1)27-18-11-19-28(26-15-5-2-6-16-26)35(27)39-33-23-9-8-22-32(33)38-37(39)31-21-12-20-30-29-17-7-10-24-34(29)40-36(30)31;1-19(2,3)13-16-12-18(15-10-8-7-9-11-15)21-14-17(16)20(4,5)6;/h1-20,22-24H;7-10,12,14H,13H2,1-6H3;/q2*-1;. The Balaban J connectivity index is 0.000000205. The smallest absolute Gasteiger partial charge is 0.120 e. The molecular weight excluding hydrogens is 995 g/mol. The number of imidazole rings is 1. The zero-order valence-corrected chi connectivity index (χ0v) is 40.5. The van der Waals surface area contributed by atoms with E-state index < -0.39 is 13.3 Å². The Labute approximate surface area is 381 Å². The molecule has 4 nitrogen and oxygen atoms in total. The molecule has 0 spiro atoms. The normalized spacial score (nSPS) is 11.6. The number of furan rings is 1. The summed E-state index contributed by atoms with van der Waals surface area (Å²) < 4.78 is 10.3. The largest absolute Gasteiger partial charge is 0.501 e. The molecule has 1 radical (unpaired) electrons. The van der Waals surface area contributed by atoms with E-state index in [1.54, 1.807) is 0 Å². The predicted molar refractivity (Wildman–Crippen MR) is 258 cm³/mol. The zero-order chi connectivity index (χ0) is 42.1. The number of hydrogen-bond donors (Lipinski definition) is 0. The van der Waals surface area contributed by atoms with Gasteiger partial charge in [-0.1, -0.05) is 120 Å². The van der Waals surface area contributed by atoms with Crippen molar-refractivity contribution in [1.82, 2.24) is 14.5 Å². The Morgan fingerprint density at radius 1 is 0.645 bits per heavy atom. The van der Waals surface area contributed by atoms with Gasteiger partial charge in [-0.15, -0.1) is 18.2 Å². The number of para-hydroxylation sites is 4. The van der Waals surface area contributed by atoms with Gasteiger partial charge in [0.25, 0.3) is 0 Å². The van der Waals surface area contributed by atoms with Crippen molar-refractivity contribution >= 4 is 50.6 Å². The fraction of sp³-hybridized carbons (Fsp3) is 0.143. The van der Waals surface area contributed by atoms with Crippen molar-refractivity contribution in [2.45, 2.75) is 44.5 Å². The summed E-state index contributed by atoms with van der Waals surface area (Å²) >= 11 is -1.90. The predicted octanol–water partition coefficient (Wildman–Crippen LogP) is 14.4. The summed E-state index contributed by atoms with van der Waals surface area (Å²) in [5.41, 5.74) is 14.0. The van der Waals surface area contributed by atoms with E-state index in [4.69, 9.17) is 14.4 Å². The summed E-state index contributed by atoms with van der Waals surface area (Å²) in [6, 6.07) is 65.4. The van der Waals surface area contributed by atoms with Crippen molar-refractivity contribution in [1.29, 1.82) is 0 Å². The maximum absolute atomic E-state index is 6.47. The van der Waals surface area contributed by atoms with Crippen molar-refractivity contribution in [2.24, 2.45) is 5.41 Å². The molecule has 0 bridgehead atoms. The topological polar surface area (TPSA) is 43.9 Å². The van der Waals surface area contributed by atoms with Crippen LogP contribution in [0.25, 0.3) is 83.6 Å². The van der Waals surface area contributed by atoms with E-state index in [-0.39, 0.29) is 20.1 Å². The van der Waals surface area contributed by atoms with Gasteiger partial charge in [0.2, 0.25) is 0 Å². The van der Waals surface area contributed by atoms with E-state index in [2.05, 4.69) is 182 Å². The molecule has 3 aromatic heterocycles. The number of pyridine rings is 1. The number of hydrogen-bond acceptors (Lipinski definition) is 3. The second-order valence-electron chi connectivity index (χ2n) is 17.9. The molecule has 6 heteroatoms. The quantitative estimate of drug-likeness (QED) is 0.118. The molecule has 309 valence electrons. The van der Waals surface area contributed by atoms with Crippen LogP contribution in [-0.2, 0) is 26.5 Å². The third kappa shape index (κ3) is 8.76. The second kappa shape index (κ2) is 17.9. The Kier molecular flexibility index (Phi) is 12.3. The van der Waals surface area contributed by atoms with Crippen LogP contribution in [0.4, 0.5) is 0 Å². The number of fused-ring (bicyclic) bond motifs is 4. The first-order valence-corrected chi connectivity index (χ1v) is 28.4. The maximum atomic E-state index is 6.47. The van der Waals surface area contributed by atoms with Crippen molar-refractivity contribution in [3.63, 3.8) is 0 Å². The van der Waals surface area contributed by atoms with Gasteiger partial charge in [0.1, 0.15) is 5.58 Å². The molecule has 0 N–H and O–H groups in total. The van der Waals surface area contributed by atoms with Gasteiger partial charge in [0, 0.05) is 36.6 Å². The summed E-state index contributed by atoms with van der Waals surface area (Å²) in [6.07, 6.45) is 3.24. The first-order chi connectivity index (χ1) is 29.5. The first kappa shape index (κ1) is 42.8. The molecule has 3 heterocycles. The summed E-state index contributed by atoms with van der Waals surface area (Å²) in [5, 5.41) is 2.15. The van der Waals surface area contributed by atoms with Gasteiger partial charge in [-0.25, -0.2) is 0 Å². The Morgan fingerprint density at radius 2 is 1.29 bits per heavy atom. The van der Waals surface area contributed by atoms with Crippen LogP contribution in [-0.4, -0.2) is 27.8 Å². The molecule has 10 aromatic rings. The fourth-order valence-electron chi connectivity index (χ4n) is 8.35. The summed E-state index contributed by atoms with van der Waals surface area (Å²) in [6.45, 7) is 6.92. The zero-order valence-electron chi connectivity index (χ0n) is 36.0. The van der Waals surface area contributed by atoms with Crippen LogP contribution in [0.1, 0.15) is 26.3 Å². The molecule has 0 amide bonds. The Hall–Kier alpha value is -5.85. The number of nitrogens with zero attached hydrogens (tertiary/aromatic N) is 3. The molecule has 0 aliphatic rings. The molecule has 0 aliphatic carbocycles. The van der Waals surface area contributed by atoms with Crippen LogP contribution in [0.15, 0.2) is 180 Å². The second-order valence-corrected chi connectivity index (χ2v) is 28.4. The van der Waals surface area contributed by atoms with Crippen LogP contribution in [0, 0.1) is 17.5 Å². The van der Waals surface area contributed by atoms with Gasteiger partial charge >= 0.3 is 132 Å². The molecule has 7 aromatic carbocycles. The van der Waals surface area contributed by atoms with Crippen molar-refractivity contribution in [3.05, 3.63) is 194 Å². The molecule has 0 saturated heterocycles. The minimum absolute atomic E-state index is 0. The van der Waals surface area contributed by atoms with Crippen molar-refractivity contribution in [3.8, 4) is 50.6 Å². The Morgan fingerprint density at radius 3 is 1.95 bits per heavy atom. The van der Waals surface area contributed by atoms with E-state index >= 15 is 0 Å². The molecule has 0 aliphatic heterocycles. The van der Waals surface area contributed by atoms with Crippen LogP contribution < -0.4 is 4.40 Å². The SMILES string of the molecule is CC(C)(C)Cc1cc(-c2[c-]cccc2)nc[c]1[Ge]([CH3])([CH3])[CH3].[Ir].[c-]1ccc2c(oc3ccccc32)c1-c1nc2ccccc2n1-c1c(-c2ccccc2)cccc1-c1ccccc1. The van der Waals surface area contributed by atoms with Crippen molar-refractivity contribution in [2.75, 3.05) is 0 Å². The molecule has 0 atom stereocenters. The van der Waals surface area contributed by atoms with Crippen LogP contribution in [0.2, 0.25) is 17.3 Å². The number of aromatic nitrogens is 3. The van der Waals surface area contributed by atoms with E-state index in [0.29, 0.717) is 5.41 Å². The van der Waals surface area contributed by atoms with E-state index in [1.165, 1.54) is 9.96 Å². The monoisotopic (exact) mass is 1050 g/mol. The summed E-state index contributed by atoms with van der Waals surface area (Å²) in [4.78, 5) is 9.94. The fourth-order valence-corrected chi connectivity index (χ4v) is 11.7. The van der Waals surface area contributed by atoms with E-state index in [9.17, 15) is 0 Å². The third-order valence-electron chi connectivity index (χ3n) is 11.1. The molecule has 0 saturated carbocycles. The minimum Gasteiger partial charge on any atom is -0.501 e. The summed E-state index contributed by atoms with van der Waals surface area (Å²) in [7, 11) is 0. The average Bonchev–Trinajstić information content (AvgIpc) is 3.85. The Bertz CT molecular complexity index is 3070. The molecular formula is C56H49GeIrN3O-2. The van der Waals surface area contributed by atoms with Crippen LogP contribution >= 0.6 is 0 Å². The van der Waals surface area contributed by atoms with Gasteiger partial charge in [0.15, 0.2) is 0 Å². The number of rotatable bonds is 7. The first-order valence-electron chi connectivity index (χ1n) is 21.0. The van der Waals surface area contributed by atoms with Gasteiger partial charge < -0.3 is 8.98 Å². The summed E-state index contributed by atoms with van der Waals surface area (Å²) in [5.74, 6) is 8.12. The van der Waals surface area contributed by atoms with Crippen LogP contribution in [0.5, 0.6) is 0 Å². The molecule has 62 heavy (non-hydrogen) atoms. The van der Waals surface area contributed by atoms with Gasteiger partial charge in [-0.05, 0) is 29.3 Å². The van der Waals surface area contributed by atoms with Crippen LogP contribution in [0.3, 0.4) is 0 Å². The average molecular weight is 1040 g/mol. The van der Waals surface area contributed by atoms with Gasteiger partial charge in [0.05, 0.1) is 28.1 Å². The van der Waals surface area contributed by atoms with E-state index in [0.717, 1.165) is 90.0 Å². The van der Waals surface area contributed by atoms with Gasteiger partial charge in [-0.2, -0.15) is 0 Å². The minimum atomic E-state index is -1.90. The molecule has 0 unspecified atom stereocenters. The third-order valence-corrected chi connectivity index (χ3v) is 15.4. The van der Waals surface area contributed by atoms with E-state index in [1.807, 2.05) is 48.5 Å². The molecule has 0 fully saturated rings. The molecule has 10 rings (SSSR count).